The van der Waals surface area contributed by atoms with E-state index in [1.807, 2.05) is 38.1 Å². The zero-order valence-corrected chi connectivity index (χ0v) is 13.3. The number of amides is 2. The van der Waals surface area contributed by atoms with E-state index < -0.39 is 0 Å². The Labute approximate surface area is 131 Å². The van der Waals surface area contributed by atoms with Crippen molar-refractivity contribution in [1.82, 2.24) is 10.6 Å². The average molecular weight is 304 g/mol. The van der Waals surface area contributed by atoms with E-state index in [9.17, 15) is 4.79 Å². The fourth-order valence-electron chi connectivity index (χ4n) is 2.29. The number of furan rings is 1. The Bertz CT molecular complexity index is 607. The van der Waals surface area contributed by atoms with Crippen LogP contribution in [0.3, 0.4) is 0 Å². The monoisotopic (exact) mass is 304 g/mol. The molecule has 120 valence electrons. The van der Waals surface area contributed by atoms with Gasteiger partial charge in [-0.1, -0.05) is 18.2 Å². The topological polar surface area (TPSA) is 63.5 Å². The Morgan fingerprint density at radius 1 is 1.23 bits per heavy atom. The van der Waals surface area contributed by atoms with Gasteiger partial charge >= 0.3 is 6.03 Å². The minimum atomic E-state index is -0.170. The van der Waals surface area contributed by atoms with Gasteiger partial charge in [-0.15, -0.1) is 0 Å². The lowest BCUT2D eigenvalue weighted by Gasteiger charge is -2.07. The largest absolute Gasteiger partial charge is 0.459 e. The summed E-state index contributed by atoms with van der Waals surface area (Å²) in [5.74, 6) is 0.799. The lowest BCUT2D eigenvalue weighted by atomic mass is 10.1. The Morgan fingerprint density at radius 3 is 2.82 bits per heavy atom. The molecule has 2 rings (SSSR count). The van der Waals surface area contributed by atoms with Crippen molar-refractivity contribution < 1.29 is 13.9 Å². The van der Waals surface area contributed by atoms with Crippen molar-refractivity contribution in [2.45, 2.75) is 33.2 Å². The number of nitrogens with one attached hydrogen (secondary N) is 2. The number of hydrogen-bond acceptors (Lipinski definition) is 3. The summed E-state index contributed by atoms with van der Waals surface area (Å²) in [6.45, 7) is 6.52. The number of para-hydroxylation sites is 1. The molecule has 0 aliphatic carbocycles. The summed E-state index contributed by atoms with van der Waals surface area (Å²) in [7, 11) is 0. The highest BCUT2D eigenvalue weighted by Gasteiger charge is 2.10. The predicted octanol–water partition coefficient (Wildman–Crippen LogP) is 3.36. The smallest absolute Gasteiger partial charge is 0.315 e. The summed E-state index contributed by atoms with van der Waals surface area (Å²) in [4.78, 5) is 11.7. The van der Waals surface area contributed by atoms with Crippen LogP contribution in [-0.2, 0) is 11.3 Å². The van der Waals surface area contributed by atoms with Crippen molar-refractivity contribution in [2.75, 3.05) is 19.8 Å². The fraction of sp³-hybridized carbons (Fsp3) is 0.471. The molecule has 1 aromatic heterocycles. The molecule has 0 bridgehead atoms. The van der Waals surface area contributed by atoms with E-state index in [4.69, 9.17) is 9.15 Å². The zero-order chi connectivity index (χ0) is 15.8. The molecule has 2 amide bonds. The van der Waals surface area contributed by atoms with Crippen molar-refractivity contribution in [2.24, 2.45) is 0 Å². The molecule has 0 spiro atoms. The summed E-state index contributed by atoms with van der Waals surface area (Å²) in [5, 5.41) is 6.76. The molecule has 2 aromatic rings. The van der Waals surface area contributed by atoms with E-state index >= 15 is 0 Å². The summed E-state index contributed by atoms with van der Waals surface area (Å²) in [6, 6.07) is 7.71. The standard InChI is InChI=1S/C17H24N2O3/c1-3-21-11-7-6-10-18-17(20)19-12-16-13(2)14-8-4-5-9-15(14)22-16/h4-5,8-9H,3,6-7,10-12H2,1-2H3,(H2,18,19,20). The van der Waals surface area contributed by atoms with Crippen LogP contribution in [0.5, 0.6) is 0 Å². The van der Waals surface area contributed by atoms with Crippen molar-refractivity contribution >= 4 is 17.0 Å². The van der Waals surface area contributed by atoms with Crippen LogP contribution in [0.15, 0.2) is 28.7 Å². The van der Waals surface area contributed by atoms with Gasteiger partial charge in [-0.2, -0.15) is 0 Å². The van der Waals surface area contributed by atoms with Crippen LogP contribution >= 0.6 is 0 Å². The number of hydrogen-bond donors (Lipinski definition) is 2. The minimum Gasteiger partial charge on any atom is -0.459 e. The molecule has 0 radical (unpaired) electrons. The van der Waals surface area contributed by atoms with Crippen LogP contribution in [0.2, 0.25) is 0 Å². The predicted molar refractivity (Wildman–Crippen MR) is 86.9 cm³/mol. The van der Waals surface area contributed by atoms with Crippen molar-refractivity contribution in [1.29, 1.82) is 0 Å². The maximum atomic E-state index is 11.7. The summed E-state index contributed by atoms with van der Waals surface area (Å²) in [6.07, 6.45) is 1.87. The molecule has 0 unspecified atom stereocenters. The van der Waals surface area contributed by atoms with Gasteiger partial charge < -0.3 is 19.8 Å². The molecule has 5 nitrogen and oxygen atoms in total. The van der Waals surface area contributed by atoms with Crippen molar-refractivity contribution in [3.8, 4) is 0 Å². The third-order valence-corrected chi connectivity index (χ3v) is 3.56. The Morgan fingerprint density at radius 2 is 2.05 bits per heavy atom. The van der Waals surface area contributed by atoms with Gasteiger partial charge in [0.2, 0.25) is 0 Å². The normalized spacial score (nSPS) is 10.8. The molecule has 5 heteroatoms. The van der Waals surface area contributed by atoms with Gasteiger partial charge in [0.1, 0.15) is 11.3 Å². The van der Waals surface area contributed by atoms with Crippen LogP contribution < -0.4 is 10.6 Å². The Hall–Kier alpha value is -2.01. The van der Waals surface area contributed by atoms with E-state index in [2.05, 4.69) is 10.6 Å². The second-order valence-corrected chi connectivity index (χ2v) is 5.16. The Balaban J connectivity index is 1.72. The number of carbonyl (C=O) groups is 1. The quantitative estimate of drug-likeness (QED) is 0.735. The highest BCUT2D eigenvalue weighted by atomic mass is 16.5. The molecule has 2 N–H and O–H groups in total. The van der Waals surface area contributed by atoms with Crippen molar-refractivity contribution in [3.05, 3.63) is 35.6 Å². The first-order valence-corrected chi connectivity index (χ1v) is 7.78. The first kappa shape index (κ1) is 16.4. The SMILES string of the molecule is CCOCCCCNC(=O)NCc1oc2ccccc2c1C. The molecular formula is C17H24N2O3. The zero-order valence-electron chi connectivity index (χ0n) is 13.3. The summed E-state index contributed by atoms with van der Waals surface area (Å²) < 4.78 is 11.0. The second kappa shape index (κ2) is 8.44. The number of rotatable bonds is 8. The molecule has 22 heavy (non-hydrogen) atoms. The lowest BCUT2D eigenvalue weighted by Crippen LogP contribution is -2.35. The van der Waals surface area contributed by atoms with E-state index in [-0.39, 0.29) is 6.03 Å². The minimum absolute atomic E-state index is 0.170. The Kier molecular flexibility index (Phi) is 6.27. The maximum Gasteiger partial charge on any atom is 0.315 e. The van der Waals surface area contributed by atoms with E-state index in [1.165, 1.54) is 0 Å². The fourth-order valence-corrected chi connectivity index (χ4v) is 2.29. The second-order valence-electron chi connectivity index (χ2n) is 5.16. The number of aryl methyl sites for hydroxylation is 1. The maximum absolute atomic E-state index is 11.7. The van der Waals surface area contributed by atoms with Crippen molar-refractivity contribution in [3.63, 3.8) is 0 Å². The van der Waals surface area contributed by atoms with Gasteiger partial charge in [0.15, 0.2) is 0 Å². The molecule has 0 atom stereocenters. The van der Waals surface area contributed by atoms with Gasteiger partial charge in [-0.25, -0.2) is 4.79 Å². The molecule has 0 aliphatic rings. The molecule has 0 saturated carbocycles. The number of ether oxygens (including phenoxy) is 1. The van der Waals surface area contributed by atoms with Crippen LogP contribution in [-0.4, -0.2) is 25.8 Å². The highest BCUT2D eigenvalue weighted by Crippen LogP contribution is 2.24. The summed E-state index contributed by atoms with van der Waals surface area (Å²) in [5.41, 5.74) is 1.93. The first-order chi connectivity index (χ1) is 10.7. The number of urea groups is 1. The summed E-state index contributed by atoms with van der Waals surface area (Å²) >= 11 is 0. The van der Waals surface area contributed by atoms with Gasteiger partial charge in [0.05, 0.1) is 6.54 Å². The third-order valence-electron chi connectivity index (χ3n) is 3.56. The number of fused-ring (bicyclic) bond motifs is 1. The number of carbonyl (C=O) groups excluding carboxylic acids is 1. The van der Waals surface area contributed by atoms with E-state index in [1.54, 1.807) is 0 Å². The van der Waals surface area contributed by atoms with Gasteiger partial charge in [0, 0.05) is 30.7 Å². The molecular weight excluding hydrogens is 280 g/mol. The molecule has 0 saturated heterocycles. The highest BCUT2D eigenvalue weighted by molar-refractivity contribution is 5.82. The van der Waals surface area contributed by atoms with Gasteiger partial charge in [0.25, 0.3) is 0 Å². The lowest BCUT2D eigenvalue weighted by molar-refractivity contribution is 0.143. The molecule has 1 heterocycles. The number of unbranched alkanes of at least 4 members (excludes halogenated alkanes) is 1. The van der Waals surface area contributed by atoms with Crippen LogP contribution in [0.1, 0.15) is 31.1 Å². The molecule has 0 aliphatic heterocycles. The van der Waals surface area contributed by atoms with Crippen LogP contribution in [0.4, 0.5) is 4.79 Å². The molecule has 0 fully saturated rings. The molecule has 1 aromatic carbocycles. The van der Waals surface area contributed by atoms with Gasteiger partial charge in [-0.05, 0) is 32.8 Å². The van der Waals surface area contributed by atoms with Crippen LogP contribution in [0, 0.1) is 6.92 Å². The average Bonchev–Trinajstić information content (AvgIpc) is 2.85. The first-order valence-electron chi connectivity index (χ1n) is 7.78. The van der Waals surface area contributed by atoms with Gasteiger partial charge in [-0.3, -0.25) is 0 Å². The van der Waals surface area contributed by atoms with Crippen LogP contribution in [0.25, 0.3) is 11.0 Å². The third kappa shape index (κ3) is 4.49. The van der Waals surface area contributed by atoms with E-state index in [0.29, 0.717) is 13.1 Å². The van der Waals surface area contributed by atoms with E-state index in [0.717, 1.165) is 48.3 Å². The number of benzene rings is 1.